The Balaban J connectivity index is 1.57. The second-order valence-corrected chi connectivity index (χ2v) is 11.2. The van der Waals surface area contributed by atoms with Crippen molar-refractivity contribution in [3.63, 3.8) is 0 Å². The number of halogens is 1. The average molecular weight is 463 g/mol. The monoisotopic (exact) mass is 462 g/mol. The van der Waals surface area contributed by atoms with Gasteiger partial charge >= 0.3 is 0 Å². The number of benzene rings is 1. The van der Waals surface area contributed by atoms with Crippen molar-refractivity contribution >= 4 is 38.9 Å². The topological polar surface area (TPSA) is 73.8 Å². The minimum atomic E-state index is -3.17. The van der Waals surface area contributed by atoms with Crippen LogP contribution in [0.1, 0.15) is 43.1 Å². The maximum atomic E-state index is 13.2. The highest BCUT2D eigenvalue weighted by Crippen LogP contribution is 2.43. The van der Waals surface area contributed by atoms with E-state index in [1.807, 2.05) is 44.9 Å². The molecule has 1 saturated heterocycles. The highest BCUT2D eigenvalue weighted by molar-refractivity contribution is 7.89. The summed E-state index contributed by atoms with van der Waals surface area (Å²) in [4.78, 5) is 21.3. The molecule has 0 spiro atoms. The van der Waals surface area contributed by atoms with Crippen LogP contribution >= 0.6 is 11.6 Å². The fourth-order valence-corrected chi connectivity index (χ4v) is 6.11. The first-order chi connectivity index (χ1) is 14.6. The Hall–Kier alpha value is -2.16. The smallest absolute Gasteiger partial charge is 0.259 e. The Labute approximate surface area is 188 Å². The first-order valence-corrected chi connectivity index (χ1v) is 12.3. The van der Waals surface area contributed by atoms with Gasteiger partial charge in [0.05, 0.1) is 41.1 Å². The van der Waals surface area contributed by atoms with Crippen molar-refractivity contribution in [1.82, 2.24) is 9.29 Å². The molecule has 0 atom stereocenters. The van der Waals surface area contributed by atoms with Crippen molar-refractivity contribution in [2.75, 3.05) is 35.7 Å². The first kappa shape index (κ1) is 22.0. The zero-order valence-electron chi connectivity index (χ0n) is 18.2. The number of aromatic nitrogens is 1. The molecule has 31 heavy (non-hydrogen) atoms. The van der Waals surface area contributed by atoms with Gasteiger partial charge in [-0.1, -0.05) is 18.5 Å². The molecule has 1 aromatic heterocycles. The zero-order valence-corrected chi connectivity index (χ0v) is 19.7. The summed E-state index contributed by atoms with van der Waals surface area (Å²) < 4.78 is 26.0. The van der Waals surface area contributed by atoms with E-state index in [4.69, 9.17) is 11.6 Å². The van der Waals surface area contributed by atoms with E-state index < -0.39 is 15.6 Å². The van der Waals surface area contributed by atoms with Crippen LogP contribution in [0.15, 0.2) is 36.7 Å². The number of pyridine rings is 1. The maximum absolute atomic E-state index is 13.2. The standard InChI is InChI=1S/C22H27ClN4O3S/c1-5-8-31(29,30)26-13-18(14-26)25(4)16-10-17(12-24-11-16)27-21(28)19-7-6-15(23)9-20(19)22(27,2)3/h6-7,9-12,18H,5,8,13-14H2,1-4H3. The van der Waals surface area contributed by atoms with E-state index in [2.05, 4.69) is 4.98 Å². The molecule has 1 amide bonds. The Bertz CT molecular complexity index is 1130. The van der Waals surface area contributed by atoms with Crippen LogP contribution in [0.2, 0.25) is 5.02 Å². The van der Waals surface area contributed by atoms with Gasteiger partial charge in [0.1, 0.15) is 0 Å². The van der Waals surface area contributed by atoms with Crippen LogP contribution in [-0.2, 0) is 15.6 Å². The van der Waals surface area contributed by atoms with Gasteiger partial charge in [-0.15, -0.1) is 0 Å². The number of amides is 1. The highest BCUT2D eigenvalue weighted by Gasteiger charge is 2.44. The van der Waals surface area contributed by atoms with E-state index in [0.717, 1.165) is 11.3 Å². The first-order valence-electron chi connectivity index (χ1n) is 10.4. The average Bonchev–Trinajstić information content (AvgIpc) is 2.85. The van der Waals surface area contributed by atoms with Crippen LogP contribution in [0.5, 0.6) is 0 Å². The van der Waals surface area contributed by atoms with E-state index in [0.29, 0.717) is 35.8 Å². The molecule has 7 nitrogen and oxygen atoms in total. The van der Waals surface area contributed by atoms with Crippen LogP contribution < -0.4 is 9.80 Å². The molecule has 0 unspecified atom stereocenters. The second kappa shape index (κ2) is 7.76. The van der Waals surface area contributed by atoms with Crippen molar-refractivity contribution in [1.29, 1.82) is 0 Å². The molecule has 4 rings (SSSR count). The summed E-state index contributed by atoms with van der Waals surface area (Å²) in [6.45, 7) is 6.77. The minimum Gasteiger partial charge on any atom is -0.368 e. The van der Waals surface area contributed by atoms with Gasteiger partial charge in [0, 0.05) is 30.7 Å². The van der Waals surface area contributed by atoms with Gasteiger partial charge in [0.2, 0.25) is 10.0 Å². The molecule has 2 aromatic rings. The lowest BCUT2D eigenvalue weighted by Gasteiger charge is -2.44. The fraction of sp³-hybridized carbons (Fsp3) is 0.455. The van der Waals surface area contributed by atoms with Gasteiger partial charge < -0.3 is 4.90 Å². The Morgan fingerprint density at radius 1 is 1.23 bits per heavy atom. The van der Waals surface area contributed by atoms with Crippen LogP contribution in [-0.4, -0.2) is 55.5 Å². The number of rotatable bonds is 6. The number of carbonyl (C=O) groups excluding carboxylic acids is 1. The number of nitrogens with zero attached hydrogens (tertiary/aromatic N) is 4. The van der Waals surface area contributed by atoms with Gasteiger partial charge in [0.25, 0.3) is 5.91 Å². The highest BCUT2D eigenvalue weighted by atomic mass is 35.5. The zero-order chi connectivity index (χ0) is 22.6. The summed E-state index contributed by atoms with van der Waals surface area (Å²) in [6.07, 6.45) is 4.03. The summed E-state index contributed by atoms with van der Waals surface area (Å²) in [5.41, 5.74) is 2.50. The van der Waals surface area contributed by atoms with E-state index >= 15 is 0 Å². The lowest BCUT2D eigenvalue weighted by atomic mass is 9.93. The molecule has 0 saturated carbocycles. The lowest BCUT2D eigenvalue weighted by Crippen LogP contribution is -2.60. The van der Waals surface area contributed by atoms with E-state index in [-0.39, 0.29) is 17.7 Å². The van der Waals surface area contributed by atoms with Crippen LogP contribution in [0.3, 0.4) is 0 Å². The maximum Gasteiger partial charge on any atom is 0.259 e. The number of carbonyl (C=O) groups is 1. The predicted molar refractivity (Wildman–Crippen MR) is 123 cm³/mol. The number of likely N-dealkylation sites (N-methyl/N-ethyl adjacent to an activating group) is 1. The van der Waals surface area contributed by atoms with Gasteiger partial charge in [-0.2, -0.15) is 4.31 Å². The van der Waals surface area contributed by atoms with Crippen LogP contribution in [0, 0.1) is 0 Å². The molecule has 0 bridgehead atoms. The number of fused-ring (bicyclic) bond motifs is 1. The molecule has 0 N–H and O–H groups in total. The summed E-state index contributed by atoms with van der Waals surface area (Å²) in [5.74, 6) is 0.0933. The fourth-order valence-electron chi connectivity index (χ4n) is 4.36. The molecule has 1 fully saturated rings. The molecule has 2 aliphatic heterocycles. The Kier molecular flexibility index (Phi) is 5.52. The van der Waals surface area contributed by atoms with Gasteiger partial charge in [-0.05, 0) is 50.1 Å². The van der Waals surface area contributed by atoms with Crippen molar-refractivity contribution in [3.05, 3.63) is 52.8 Å². The predicted octanol–water partition coefficient (Wildman–Crippen LogP) is 3.49. The second-order valence-electron chi connectivity index (χ2n) is 8.69. The third-order valence-corrected chi connectivity index (χ3v) is 8.48. The van der Waals surface area contributed by atoms with Crippen LogP contribution in [0.4, 0.5) is 11.4 Å². The molecule has 166 valence electrons. The number of sulfonamides is 1. The van der Waals surface area contributed by atoms with Crippen molar-refractivity contribution in [2.24, 2.45) is 0 Å². The van der Waals surface area contributed by atoms with Gasteiger partial charge in [-0.25, -0.2) is 8.42 Å². The molecule has 0 aliphatic carbocycles. The third kappa shape index (κ3) is 3.70. The van der Waals surface area contributed by atoms with E-state index in [1.165, 1.54) is 4.31 Å². The number of hydrogen-bond acceptors (Lipinski definition) is 5. The van der Waals surface area contributed by atoms with Crippen LogP contribution in [0.25, 0.3) is 0 Å². The van der Waals surface area contributed by atoms with E-state index in [1.54, 1.807) is 29.4 Å². The summed E-state index contributed by atoms with van der Waals surface area (Å²) >= 11 is 6.18. The quantitative estimate of drug-likeness (QED) is 0.657. The summed E-state index contributed by atoms with van der Waals surface area (Å²) in [7, 11) is -1.24. The third-order valence-electron chi connectivity index (χ3n) is 6.24. The van der Waals surface area contributed by atoms with E-state index in [9.17, 15) is 13.2 Å². The molecule has 1 aromatic carbocycles. The van der Waals surface area contributed by atoms with Crippen molar-refractivity contribution in [3.8, 4) is 0 Å². The molecule has 2 aliphatic rings. The van der Waals surface area contributed by atoms with Gasteiger partial charge in [0.15, 0.2) is 0 Å². The van der Waals surface area contributed by atoms with Crippen molar-refractivity contribution < 1.29 is 13.2 Å². The number of anilines is 2. The van der Waals surface area contributed by atoms with Gasteiger partial charge in [-0.3, -0.25) is 14.7 Å². The van der Waals surface area contributed by atoms with Crippen molar-refractivity contribution in [2.45, 2.75) is 38.8 Å². The lowest BCUT2D eigenvalue weighted by molar-refractivity contribution is 0.0982. The minimum absolute atomic E-state index is 0.0713. The summed E-state index contributed by atoms with van der Waals surface area (Å²) in [5, 5.41) is 0.598. The summed E-state index contributed by atoms with van der Waals surface area (Å²) in [6, 6.07) is 7.35. The Morgan fingerprint density at radius 2 is 1.94 bits per heavy atom. The SMILES string of the molecule is CCCS(=O)(=O)N1CC(N(C)c2cncc(N3C(=O)c4ccc(Cl)cc4C3(C)C)c2)C1. The normalized spacial score (nSPS) is 18.7. The molecular formula is C22H27ClN4O3S. The number of hydrogen-bond donors (Lipinski definition) is 0. The molecule has 3 heterocycles. The molecule has 9 heteroatoms. The molecular weight excluding hydrogens is 436 g/mol. The molecule has 0 radical (unpaired) electrons. The largest absolute Gasteiger partial charge is 0.368 e. The Morgan fingerprint density at radius 3 is 2.61 bits per heavy atom.